The number of rotatable bonds is 21. The number of anilines is 2. The summed E-state index contributed by atoms with van der Waals surface area (Å²) < 4.78 is 32.0. The Bertz CT molecular complexity index is 1020. The number of methoxy groups -OCH3 is 2. The lowest BCUT2D eigenvalue weighted by molar-refractivity contribution is -0.00551. The van der Waals surface area contributed by atoms with E-state index in [0.29, 0.717) is 63.2 Å². The lowest BCUT2D eigenvalue weighted by atomic mass is 10.0. The molecule has 12 nitrogen and oxygen atoms in total. The molecule has 4 N–H and O–H groups in total. The van der Waals surface area contributed by atoms with Crippen LogP contribution in [0.15, 0.2) is 18.2 Å². The van der Waals surface area contributed by atoms with Crippen LogP contribution in [0.3, 0.4) is 0 Å². The molecule has 2 rings (SSSR count). The van der Waals surface area contributed by atoms with Crippen molar-refractivity contribution in [2.75, 3.05) is 84.7 Å². The summed E-state index contributed by atoms with van der Waals surface area (Å²) in [6, 6.07) is 5.00. The molecule has 1 unspecified atom stereocenters. The van der Waals surface area contributed by atoms with Crippen LogP contribution < -0.4 is 15.8 Å². The zero-order valence-corrected chi connectivity index (χ0v) is 24.1. The van der Waals surface area contributed by atoms with E-state index in [1.54, 1.807) is 26.4 Å². The van der Waals surface area contributed by atoms with Crippen LogP contribution >= 0.6 is 0 Å². The molecule has 2 aromatic rings. The van der Waals surface area contributed by atoms with Crippen LogP contribution in [0, 0.1) is 6.92 Å². The Morgan fingerprint density at radius 3 is 2.25 bits per heavy atom. The van der Waals surface area contributed by atoms with Crippen molar-refractivity contribution < 1.29 is 38.3 Å². The van der Waals surface area contributed by atoms with E-state index in [0.717, 1.165) is 29.7 Å². The number of hydrogen-bond acceptors (Lipinski definition) is 12. The molecular formula is C28H44N4O8. The second kappa shape index (κ2) is 19.1. The lowest BCUT2D eigenvalue weighted by Crippen LogP contribution is -2.25. The van der Waals surface area contributed by atoms with Crippen LogP contribution in [0.4, 0.5) is 11.8 Å². The van der Waals surface area contributed by atoms with Gasteiger partial charge in [0.25, 0.3) is 0 Å². The zero-order valence-electron chi connectivity index (χ0n) is 24.1. The third kappa shape index (κ3) is 11.6. The van der Waals surface area contributed by atoms with E-state index in [9.17, 15) is 9.90 Å². The maximum Gasteiger partial charge on any atom is 0.338 e. The largest absolute Gasteiger partial charge is 0.496 e. The molecule has 1 heterocycles. The summed E-state index contributed by atoms with van der Waals surface area (Å²) in [6.07, 6.45) is 2.13. The highest BCUT2D eigenvalue weighted by Crippen LogP contribution is 2.28. The monoisotopic (exact) mass is 564 g/mol. The summed E-state index contributed by atoms with van der Waals surface area (Å²) in [5.74, 6) is 0.784. The van der Waals surface area contributed by atoms with Gasteiger partial charge in [-0.15, -0.1) is 0 Å². The summed E-state index contributed by atoms with van der Waals surface area (Å²) in [7, 11) is 3.17. The predicted molar refractivity (Wildman–Crippen MR) is 151 cm³/mol. The molecule has 0 spiro atoms. The first-order chi connectivity index (χ1) is 19.4. The summed E-state index contributed by atoms with van der Waals surface area (Å²) in [4.78, 5) is 21.3. The number of nitrogens with zero attached hydrogens (tertiary/aromatic N) is 2. The van der Waals surface area contributed by atoms with Crippen LogP contribution in [0.25, 0.3) is 0 Å². The van der Waals surface area contributed by atoms with E-state index in [2.05, 4.69) is 22.2 Å². The number of ether oxygens (including phenoxy) is 6. The van der Waals surface area contributed by atoms with Crippen molar-refractivity contribution in [3.05, 3.63) is 40.6 Å². The Balaban J connectivity index is 1.89. The van der Waals surface area contributed by atoms with Crippen molar-refractivity contribution in [2.45, 2.75) is 39.2 Å². The van der Waals surface area contributed by atoms with Gasteiger partial charge in [0.2, 0.25) is 5.95 Å². The predicted octanol–water partition coefficient (Wildman–Crippen LogP) is 2.39. The van der Waals surface area contributed by atoms with Gasteiger partial charge in [-0.3, -0.25) is 0 Å². The maximum atomic E-state index is 12.6. The summed E-state index contributed by atoms with van der Waals surface area (Å²) in [5.41, 5.74) is 8.65. The third-order valence-corrected chi connectivity index (χ3v) is 5.96. The van der Waals surface area contributed by atoms with E-state index in [1.807, 2.05) is 13.0 Å². The molecule has 0 radical (unpaired) electrons. The Kier molecular flexibility index (Phi) is 15.9. The number of aromatic nitrogens is 2. The maximum absolute atomic E-state index is 12.6. The highest BCUT2D eigenvalue weighted by Gasteiger charge is 2.18. The first-order valence-corrected chi connectivity index (χ1v) is 13.5. The molecule has 224 valence electrons. The Labute approximate surface area is 236 Å². The van der Waals surface area contributed by atoms with Gasteiger partial charge < -0.3 is 44.6 Å². The Morgan fingerprint density at radius 2 is 1.65 bits per heavy atom. The van der Waals surface area contributed by atoms with Crippen molar-refractivity contribution in [3.63, 3.8) is 0 Å². The molecule has 0 aliphatic rings. The highest BCUT2D eigenvalue weighted by atomic mass is 16.6. The standard InChI is InChI=1S/C28H44N4O8/c1-5-6-23(19-33)31-26-24(20(2)30-28(29)32-26)17-21-7-8-22(18-25(21)36-4)27(34)40-16-15-39-14-13-38-12-11-37-10-9-35-3/h7-8,18,23,33H,5-6,9-17,19H2,1-4H3,(H3,29,30,31,32). The number of esters is 1. The number of nitrogens with one attached hydrogen (secondary N) is 1. The second-order valence-corrected chi connectivity index (χ2v) is 8.98. The molecule has 1 aromatic carbocycles. The van der Waals surface area contributed by atoms with Crippen LogP contribution in [0.1, 0.15) is 46.9 Å². The molecule has 0 saturated carbocycles. The normalized spacial score (nSPS) is 11.8. The molecule has 0 bridgehead atoms. The van der Waals surface area contributed by atoms with Crippen LogP contribution in [0.5, 0.6) is 5.75 Å². The minimum Gasteiger partial charge on any atom is -0.496 e. The van der Waals surface area contributed by atoms with Gasteiger partial charge in [-0.05, 0) is 31.0 Å². The molecule has 12 heteroatoms. The molecule has 0 fully saturated rings. The first-order valence-electron chi connectivity index (χ1n) is 13.5. The Hall–Kier alpha value is -3.03. The van der Waals surface area contributed by atoms with E-state index in [4.69, 9.17) is 34.2 Å². The SMILES string of the molecule is CCCC(CO)Nc1nc(N)nc(C)c1Cc1ccc(C(=O)OCCOCCOCCOCCOC)cc1OC. The molecular weight excluding hydrogens is 520 g/mol. The first kappa shape index (κ1) is 33.2. The summed E-state index contributed by atoms with van der Waals surface area (Å²) >= 11 is 0. The Morgan fingerprint density at radius 1 is 1.00 bits per heavy atom. The van der Waals surface area contributed by atoms with Gasteiger partial charge in [0.15, 0.2) is 0 Å². The second-order valence-electron chi connectivity index (χ2n) is 8.98. The van der Waals surface area contributed by atoms with Gasteiger partial charge in [0.05, 0.1) is 71.6 Å². The fraction of sp³-hybridized carbons (Fsp3) is 0.607. The fourth-order valence-corrected chi connectivity index (χ4v) is 3.87. The van der Waals surface area contributed by atoms with Gasteiger partial charge in [-0.1, -0.05) is 19.4 Å². The van der Waals surface area contributed by atoms with E-state index < -0.39 is 5.97 Å². The number of carbonyl (C=O) groups excluding carboxylic acids is 1. The minimum atomic E-state index is -0.474. The van der Waals surface area contributed by atoms with Crippen molar-refractivity contribution in [1.82, 2.24) is 9.97 Å². The highest BCUT2D eigenvalue weighted by molar-refractivity contribution is 5.90. The zero-order chi connectivity index (χ0) is 29.2. The van der Waals surface area contributed by atoms with Gasteiger partial charge in [0.1, 0.15) is 18.2 Å². The average Bonchev–Trinajstić information content (AvgIpc) is 2.95. The smallest absolute Gasteiger partial charge is 0.338 e. The summed E-state index contributed by atoms with van der Waals surface area (Å²) in [5, 5.41) is 13.0. The van der Waals surface area contributed by atoms with Crippen LogP contribution in [-0.4, -0.2) is 101 Å². The minimum absolute atomic E-state index is 0.0275. The number of carbonyl (C=O) groups is 1. The number of nitrogens with two attached hydrogens (primary N) is 1. The topological polar surface area (TPSA) is 157 Å². The molecule has 0 amide bonds. The fourth-order valence-electron chi connectivity index (χ4n) is 3.87. The molecule has 1 aromatic heterocycles. The third-order valence-electron chi connectivity index (χ3n) is 5.96. The number of hydrogen-bond donors (Lipinski definition) is 3. The number of aryl methyl sites for hydroxylation is 1. The molecule has 0 saturated heterocycles. The number of nitrogen functional groups attached to an aromatic ring is 1. The van der Waals surface area contributed by atoms with Gasteiger partial charge in [-0.25, -0.2) is 9.78 Å². The van der Waals surface area contributed by atoms with E-state index in [1.165, 1.54) is 0 Å². The molecule has 0 aliphatic carbocycles. The van der Waals surface area contributed by atoms with Gasteiger partial charge in [0, 0.05) is 24.8 Å². The van der Waals surface area contributed by atoms with Crippen molar-refractivity contribution in [1.29, 1.82) is 0 Å². The van der Waals surface area contributed by atoms with E-state index >= 15 is 0 Å². The number of aliphatic hydroxyl groups is 1. The van der Waals surface area contributed by atoms with Crippen LogP contribution in [-0.2, 0) is 30.1 Å². The number of benzene rings is 1. The van der Waals surface area contributed by atoms with Gasteiger partial charge in [-0.2, -0.15) is 4.98 Å². The van der Waals surface area contributed by atoms with E-state index in [-0.39, 0.29) is 31.8 Å². The number of aliphatic hydroxyl groups excluding tert-OH is 1. The summed E-state index contributed by atoms with van der Waals surface area (Å²) in [6.45, 7) is 7.14. The molecule has 0 aliphatic heterocycles. The van der Waals surface area contributed by atoms with Crippen molar-refractivity contribution >= 4 is 17.7 Å². The lowest BCUT2D eigenvalue weighted by Gasteiger charge is -2.20. The quantitative estimate of drug-likeness (QED) is 0.150. The van der Waals surface area contributed by atoms with Crippen molar-refractivity contribution in [3.8, 4) is 5.75 Å². The van der Waals surface area contributed by atoms with Crippen molar-refractivity contribution in [2.24, 2.45) is 0 Å². The molecule has 40 heavy (non-hydrogen) atoms. The molecule has 1 atom stereocenters. The van der Waals surface area contributed by atoms with Gasteiger partial charge >= 0.3 is 5.97 Å². The average molecular weight is 565 g/mol. The van der Waals surface area contributed by atoms with Crippen LogP contribution in [0.2, 0.25) is 0 Å².